The first-order chi connectivity index (χ1) is 17.9. The number of nitrogens with zero attached hydrogens (tertiary/aromatic N) is 3. The number of ether oxygens (including phenoxy) is 4. The van der Waals surface area contributed by atoms with Gasteiger partial charge < -0.3 is 29.0 Å². The standard InChI is InChI=1S/C26H28FN3O6S/c1-26(4-5-26)36-25(32)30-9-15-11-33-12-16(10-30)22(15)35-24-23-21(28-14-29-24)19(13-37-23)18-3-2-17(8-20(18)27)34-7-6-31/h2-3,8,13-16,22,31H,4-7,9-12H2,1H3. The Bertz CT molecular complexity index is 1300. The van der Waals surface area contributed by atoms with Crippen LogP contribution < -0.4 is 9.47 Å². The van der Waals surface area contributed by atoms with Crippen LogP contribution in [-0.4, -0.2) is 77.3 Å². The Hall–Kier alpha value is -3.02. The number of aromatic nitrogens is 2. The molecule has 6 rings (SSSR count). The lowest BCUT2D eigenvalue weighted by Crippen LogP contribution is -2.59. The van der Waals surface area contributed by atoms with E-state index in [4.69, 9.17) is 24.1 Å². The van der Waals surface area contributed by atoms with Crippen molar-refractivity contribution in [2.75, 3.05) is 39.5 Å². The van der Waals surface area contributed by atoms with Crippen molar-refractivity contribution in [3.63, 3.8) is 0 Å². The number of halogens is 1. The number of aliphatic hydroxyl groups excluding tert-OH is 1. The number of likely N-dealkylation sites (tertiary alicyclic amines) is 1. The summed E-state index contributed by atoms with van der Waals surface area (Å²) in [6.07, 6.45) is 2.81. The van der Waals surface area contributed by atoms with Gasteiger partial charge in [-0.15, -0.1) is 11.3 Å². The van der Waals surface area contributed by atoms with Gasteiger partial charge in [0.15, 0.2) is 0 Å². The van der Waals surface area contributed by atoms with E-state index in [1.165, 1.54) is 23.7 Å². The number of benzene rings is 1. The van der Waals surface area contributed by atoms with Crippen molar-refractivity contribution < 1.29 is 33.2 Å². The molecule has 1 aliphatic carbocycles. The molecule has 196 valence electrons. The quantitative estimate of drug-likeness (QED) is 0.492. The van der Waals surface area contributed by atoms with Crippen LogP contribution in [0.3, 0.4) is 0 Å². The average molecular weight is 530 g/mol. The zero-order valence-corrected chi connectivity index (χ0v) is 21.2. The van der Waals surface area contributed by atoms with Crippen molar-refractivity contribution in [2.45, 2.75) is 31.5 Å². The highest BCUT2D eigenvalue weighted by Gasteiger charge is 2.47. The number of hydrogen-bond acceptors (Lipinski definition) is 9. The van der Waals surface area contributed by atoms with Crippen molar-refractivity contribution in [1.29, 1.82) is 0 Å². The molecular formula is C26H28FN3O6S. The van der Waals surface area contributed by atoms with Gasteiger partial charge in [-0.3, -0.25) is 0 Å². The number of carbonyl (C=O) groups is 1. The minimum atomic E-state index is -0.442. The van der Waals surface area contributed by atoms with Gasteiger partial charge >= 0.3 is 6.09 Å². The minimum Gasteiger partial charge on any atom is -0.491 e. The molecule has 1 N–H and O–H groups in total. The van der Waals surface area contributed by atoms with Crippen LogP contribution in [0.2, 0.25) is 0 Å². The van der Waals surface area contributed by atoms with Crippen molar-refractivity contribution in [3.8, 4) is 22.8 Å². The summed E-state index contributed by atoms with van der Waals surface area (Å²) in [7, 11) is 0. The van der Waals surface area contributed by atoms with E-state index in [-0.39, 0.29) is 42.8 Å². The van der Waals surface area contributed by atoms with Gasteiger partial charge in [0.2, 0.25) is 5.88 Å². The molecule has 1 amide bonds. The van der Waals surface area contributed by atoms with Crippen LogP contribution in [0, 0.1) is 17.7 Å². The van der Waals surface area contributed by atoms with Crippen LogP contribution >= 0.6 is 11.3 Å². The Kier molecular flexibility index (Phi) is 6.37. The third kappa shape index (κ3) is 4.83. The number of rotatable bonds is 7. The highest BCUT2D eigenvalue weighted by Crippen LogP contribution is 2.42. The predicted molar refractivity (Wildman–Crippen MR) is 133 cm³/mol. The Morgan fingerprint density at radius 2 is 2.03 bits per heavy atom. The second-order valence-corrected chi connectivity index (χ2v) is 11.0. The fourth-order valence-corrected chi connectivity index (χ4v) is 5.95. The molecule has 3 fully saturated rings. The topological polar surface area (TPSA) is 103 Å². The van der Waals surface area contributed by atoms with E-state index >= 15 is 0 Å². The Morgan fingerprint density at radius 3 is 2.73 bits per heavy atom. The number of piperidine rings is 1. The molecule has 2 aliphatic heterocycles. The Morgan fingerprint density at radius 1 is 1.24 bits per heavy atom. The second kappa shape index (κ2) is 9.70. The lowest BCUT2D eigenvalue weighted by atomic mass is 9.84. The number of hydrogen-bond donors (Lipinski definition) is 1. The predicted octanol–water partition coefficient (Wildman–Crippen LogP) is 3.88. The van der Waals surface area contributed by atoms with Crippen molar-refractivity contribution in [2.24, 2.45) is 11.8 Å². The van der Waals surface area contributed by atoms with Crippen LogP contribution in [0.5, 0.6) is 11.6 Å². The normalized spacial score (nSPS) is 24.1. The van der Waals surface area contributed by atoms with Crippen LogP contribution in [0.25, 0.3) is 21.3 Å². The summed E-state index contributed by atoms with van der Waals surface area (Å²) < 4.78 is 38.9. The molecule has 2 unspecified atom stereocenters. The van der Waals surface area contributed by atoms with E-state index < -0.39 is 5.82 Å². The third-order valence-corrected chi connectivity index (χ3v) is 8.17. The number of aliphatic hydroxyl groups is 1. The third-order valence-electron chi connectivity index (χ3n) is 7.21. The molecule has 4 heterocycles. The molecule has 2 bridgehead atoms. The Balaban J connectivity index is 1.22. The van der Waals surface area contributed by atoms with Gasteiger partial charge in [-0.05, 0) is 31.9 Å². The van der Waals surface area contributed by atoms with Crippen molar-refractivity contribution in [3.05, 3.63) is 35.7 Å². The van der Waals surface area contributed by atoms with Crippen LogP contribution in [0.4, 0.5) is 9.18 Å². The number of thiophene rings is 1. The second-order valence-electron chi connectivity index (χ2n) is 10.1. The Labute approximate surface area is 217 Å². The average Bonchev–Trinajstić information content (AvgIpc) is 3.44. The lowest BCUT2D eigenvalue weighted by Gasteiger charge is -2.46. The van der Waals surface area contributed by atoms with Crippen LogP contribution in [0.15, 0.2) is 29.9 Å². The highest BCUT2D eigenvalue weighted by molar-refractivity contribution is 7.18. The van der Waals surface area contributed by atoms with Gasteiger partial charge in [-0.2, -0.15) is 0 Å². The molecule has 3 aliphatic rings. The first-order valence-corrected chi connectivity index (χ1v) is 13.3. The summed E-state index contributed by atoms with van der Waals surface area (Å²) >= 11 is 1.40. The minimum absolute atomic E-state index is 0.0135. The van der Waals surface area contributed by atoms with Gasteiger partial charge in [0.25, 0.3) is 0 Å². The summed E-state index contributed by atoms with van der Waals surface area (Å²) in [4.78, 5) is 23.3. The summed E-state index contributed by atoms with van der Waals surface area (Å²) in [5, 5.41) is 10.8. The van der Waals surface area contributed by atoms with E-state index in [0.29, 0.717) is 54.6 Å². The molecule has 0 radical (unpaired) electrons. The summed E-state index contributed by atoms with van der Waals surface area (Å²) in [6.45, 7) is 3.89. The van der Waals surface area contributed by atoms with Gasteiger partial charge in [-0.1, -0.05) is 0 Å². The molecule has 37 heavy (non-hydrogen) atoms. The molecule has 2 aromatic heterocycles. The molecule has 11 heteroatoms. The monoisotopic (exact) mass is 529 g/mol. The maximum absolute atomic E-state index is 14.9. The number of fused-ring (bicyclic) bond motifs is 3. The highest BCUT2D eigenvalue weighted by atomic mass is 32.1. The zero-order chi connectivity index (χ0) is 25.6. The summed E-state index contributed by atoms with van der Waals surface area (Å²) in [5.74, 6) is 0.333. The maximum atomic E-state index is 14.9. The molecule has 1 aromatic carbocycles. The molecule has 2 atom stereocenters. The SMILES string of the molecule is CC1(OC(=O)N2CC3COCC(C2)C3Oc2ncnc3c(-c4ccc(OCCO)cc4F)csc23)CC1. The largest absolute Gasteiger partial charge is 0.491 e. The molecular weight excluding hydrogens is 501 g/mol. The first kappa shape index (κ1) is 24.3. The fourth-order valence-electron chi connectivity index (χ4n) is 4.99. The molecule has 2 saturated heterocycles. The van der Waals surface area contributed by atoms with E-state index in [0.717, 1.165) is 17.5 Å². The summed E-state index contributed by atoms with van der Waals surface area (Å²) in [5.41, 5.74) is 1.34. The fraction of sp³-hybridized carbons (Fsp3) is 0.500. The molecule has 0 spiro atoms. The van der Waals surface area contributed by atoms with E-state index in [9.17, 15) is 9.18 Å². The van der Waals surface area contributed by atoms with E-state index in [2.05, 4.69) is 9.97 Å². The molecule has 3 aromatic rings. The lowest BCUT2D eigenvalue weighted by molar-refractivity contribution is -0.111. The zero-order valence-electron chi connectivity index (χ0n) is 20.4. The number of amides is 1. The van der Waals surface area contributed by atoms with Gasteiger partial charge in [-0.25, -0.2) is 19.2 Å². The van der Waals surface area contributed by atoms with E-state index in [1.54, 1.807) is 17.0 Å². The van der Waals surface area contributed by atoms with Gasteiger partial charge in [0, 0.05) is 47.5 Å². The molecule has 9 nitrogen and oxygen atoms in total. The van der Waals surface area contributed by atoms with Crippen molar-refractivity contribution in [1.82, 2.24) is 14.9 Å². The van der Waals surface area contributed by atoms with Crippen LogP contribution in [0.1, 0.15) is 19.8 Å². The smallest absolute Gasteiger partial charge is 0.410 e. The maximum Gasteiger partial charge on any atom is 0.410 e. The summed E-state index contributed by atoms with van der Waals surface area (Å²) in [6, 6.07) is 4.61. The van der Waals surface area contributed by atoms with Gasteiger partial charge in [0.1, 0.15) is 40.9 Å². The number of carbonyl (C=O) groups excluding carboxylic acids is 1. The van der Waals surface area contributed by atoms with Crippen LogP contribution in [-0.2, 0) is 9.47 Å². The molecule has 1 saturated carbocycles. The van der Waals surface area contributed by atoms with E-state index in [1.807, 2.05) is 12.3 Å². The van der Waals surface area contributed by atoms with Gasteiger partial charge in [0.05, 0.1) is 25.3 Å². The first-order valence-electron chi connectivity index (χ1n) is 12.4. The van der Waals surface area contributed by atoms with Crippen molar-refractivity contribution >= 4 is 27.6 Å².